The van der Waals surface area contributed by atoms with Gasteiger partial charge in [0.05, 0.1) is 12.2 Å². The molecule has 1 N–H and O–H groups in total. The second kappa shape index (κ2) is 5.46. The number of aryl methyl sites for hydroxylation is 1. The SMILES string of the molecule is C=CC(=O)Nc1sc(C)cc1C(=O)OCC. The van der Waals surface area contributed by atoms with Gasteiger partial charge in [-0.3, -0.25) is 4.79 Å². The van der Waals surface area contributed by atoms with Crippen LogP contribution in [0.25, 0.3) is 0 Å². The van der Waals surface area contributed by atoms with Crippen LogP contribution >= 0.6 is 11.3 Å². The molecule has 0 aliphatic carbocycles. The van der Waals surface area contributed by atoms with Crippen LogP contribution in [-0.2, 0) is 9.53 Å². The lowest BCUT2D eigenvalue weighted by atomic mass is 10.3. The number of ether oxygens (including phenoxy) is 1. The zero-order chi connectivity index (χ0) is 12.1. The molecule has 0 unspecified atom stereocenters. The van der Waals surface area contributed by atoms with E-state index in [1.54, 1.807) is 13.0 Å². The Kier molecular flexibility index (Phi) is 4.25. The first-order chi connectivity index (χ1) is 7.58. The summed E-state index contributed by atoms with van der Waals surface area (Å²) in [6.07, 6.45) is 1.16. The molecule has 86 valence electrons. The highest BCUT2D eigenvalue weighted by molar-refractivity contribution is 7.16. The number of thiophene rings is 1. The van der Waals surface area contributed by atoms with E-state index in [4.69, 9.17) is 4.74 Å². The van der Waals surface area contributed by atoms with Gasteiger partial charge in [-0.05, 0) is 26.0 Å². The number of carbonyl (C=O) groups excluding carboxylic acids is 2. The van der Waals surface area contributed by atoms with Gasteiger partial charge in [-0.1, -0.05) is 6.58 Å². The van der Waals surface area contributed by atoms with Gasteiger partial charge in [0.15, 0.2) is 0 Å². The topological polar surface area (TPSA) is 55.4 Å². The quantitative estimate of drug-likeness (QED) is 0.648. The van der Waals surface area contributed by atoms with Crippen molar-refractivity contribution in [2.24, 2.45) is 0 Å². The molecule has 16 heavy (non-hydrogen) atoms. The van der Waals surface area contributed by atoms with E-state index in [9.17, 15) is 9.59 Å². The Labute approximate surface area is 97.9 Å². The summed E-state index contributed by atoms with van der Waals surface area (Å²) in [6.45, 7) is 7.25. The van der Waals surface area contributed by atoms with Crippen molar-refractivity contribution in [3.8, 4) is 0 Å². The summed E-state index contributed by atoms with van der Waals surface area (Å²) in [5, 5.41) is 3.08. The average molecular weight is 239 g/mol. The van der Waals surface area contributed by atoms with E-state index in [2.05, 4.69) is 11.9 Å². The molecule has 0 radical (unpaired) electrons. The molecule has 1 rings (SSSR count). The molecule has 0 aliphatic rings. The second-order valence-corrected chi connectivity index (χ2v) is 4.27. The number of hydrogen-bond donors (Lipinski definition) is 1. The molecule has 0 aliphatic heterocycles. The minimum Gasteiger partial charge on any atom is -0.462 e. The largest absolute Gasteiger partial charge is 0.462 e. The zero-order valence-corrected chi connectivity index (χ0v) is 10.0. The molecule has 0 saturated carbocycles. The molecule has 1 aromatic rings. The second-order valence-electron chi connectivity index (χ2n) is 3.01. The van der Waals surface area contributed by atoms with E-state index >= 15 is 0 Å². The Balaban J connectivity index is 2.95. The average Bonchev–Trinajstić information content (AvgIpc) is 2.59. The fraction of sp³-hybridized carbons (Fsp3) is 0.273. The van der Waals surface area contributed by atoms with Gasteiger partial charge in [0.2, 0.25) is 5.91 Å². The predicted molar refractivity (Wildman–Crippen MR) is 63.8 cm³/mol. The molecule has 0 saturated heterocycles. The monoisotopic (exact) mass is 239 g/mol. The van der Waals surface area contributed by atoms with Crippen molar-refractivity contribution >= 4 is 28.2 Å². The molecule has 1 aromatic heterocycles. The third kappa shape index (κ3) is 2.93. The van der Waals surface area contributed by atoms with Crippen LogP contribution in [0.1, 0.15) is 22.2 Å². The van der Waals surface area contributed by atoms with Gasteiger partial charge in [-0.2, -0.15) is 0 Å². The summed E-state index contributed by atoms with van der Waals surface area (Å²) in [7, 11) is 0. The summed E-state index contributed by atoms with van der Waals surface area (Å²) in [5.41, 5.74) is 0.388. The zero-order valence-electron chi connectivity index (χ0n) is 9.20. The number of anilines is 1. The Morgan fingerprint density at radius 1 is 1.62 bits per heavy atom. The lowest BCUT2D eigenvalue weighted by Crippen LogP contribution is -2.11. The number of hydrogen-bond acceptors (Lipinski definition) is 4. The normalized spacial score (nSPS) is 9.62. The highest BCUT2D eigenvalue weighted by Gasteiger charge is 2.16. The molecule has 0 bridgehead atoms. The first kappa shape index (κ1) is 12.4. The third-order valence-electron chi connectivity index (χ3n) is 1.77. The van der Waals surface area contributed by atoms with Gasteiger partial charge in [0, 0.05) is 4.88 Å². The summed E-state index contributed by atoms with van der Waals surface area (Å²) in [4.78, 5) is 23.6. The van der Waals surface area contributed by atoms with Crippen LogP contribution in [0.5, 0.6) is 0 Å². The van der Waals surface area contributed by atoms with E-state index in [0.717, 1.165) is 11.0 Å². The van der Waals surface area contributed by atoms with Gasteiger partial charge < -0.3 is 10.1 Å². The molecular formula is C11H13NO3S. The van der Waals surface area contributed by atoms with E-state index in [-0.39, 0.29) is 5.91 Å². The molecular weight excluding hydrogens is 226 g/mol. The smallest absolute Gasteiger partial charge is 0.341 e. The highest BCUT2D eigenvalue weighted by atomic mass is 32.1. The van der Waals surface area contributed by atoms with Crippen molar-refractivity contribution in [3.05, 3.63) is 29.2 Å². The van der Waals surface area contributed by atoms with Crippen molar-refractivity contribution in [2.75, 3.05) is 11.9 Å². The van der Waals surface area contributed by atoms with Gasteiger partial charge in [0.1, 0.15) is 5.00 Å². The van der Waals surface area contributed by atoms with Crippen LogP contribution in [0.2, 0.25) is 0 Å². The Hall–Kier alpha value is -1.62. The summed E-state index contributed by atoms with van der Waals surface area (Å²) >= 11 is 1.33. The molecule has 0 atom stereocenters. The van der Waals surface area contributed by atoms with E-state index in [0.29, 0.717) is 17.2 Å². The molecule has 1 heterocycles. The number of nitrogens with one attached hydrogen (secondary N) is 1. The fourth-order valence-electron chi connectivity index (χ4n) is 1.13. The van der Waals surface area contributed by atoms with Crippen LogP contribution < -0.4 is 5.32 Å². The Morgan fingerprint density at radius 2 is 2.31 bits per heavy atom. The third-order valence-corrected chi connectivity index (χ3v) is 2.74. The number of rotatable bonds is 4. The van der Waals surface area contributed by atoms with Crippen LogP contribution in [-0.4, -0.2) is 18.5 Å². The van der Waals surface area contributed by atoms with Crippen molar-refractivity contribution in [1.29, 1.82) is 0 Å². The van der Waals surface area contributed by atoms with Gasteiger partial charge in [0.25, 0.3) is 0 Å². The van der Waals surface area contributed by atoms with Crippen molar-refractivity contribution in [1.82, 2.24) is 0 Å². The number of carbonyl (C=O) groups is 2. The number of amides is 1. The predicted octanol–water partition coefficient (Wildman–Crippen LogP) is 2.36. The number of esters is 1. The van der Waals surface area contributed by atoms with Crippen LogP contribution in [0.4, 0.5) is 5.00 Å². The van der Waals surface area contributed by atoms with Crippen molar-refractivity contribution in [2.45, 2.75) is 13.8 Å². The Bertz CT molecular complexity index is 423. The maximum Gasteiger partial charge on any atom is 0.341 e. The van der Waals surface area contributed by atoms with Gasteiger partial charge >= 0.3 is 5.97 Å². The molecule has 1 amide bonds. The lowest BCUT2D eigenvalue weighted by molar-refractivity contribution is -0.111. The molecule has 0 spiro atoms. The summed E-state index contributed by atoms with van der Waals surface area (Å²) in [5.74, 6) is -0.765. The lowest BCUT2D eigenvalue weighted by Gasteiger charge is -2.03. The molecule has 5 heteroatoms. The molecule has 4 nitrogen and oxygen atoms in total. The van der Waals surface area contributed by atoms with Crippen LogP contribution in [0.3, 0.4) is 0 Å². The first-order valence-electron chi connectivity index (χ1n) is 4.79. The summed E-state index contributed by atoms with van der Waals surface area (Å²) in [6, 6.07) is 1.70. The first-order valence-corrected chi connectivity index (χ1v) is 5.61. The van der Waals surface area contributed by atoms with E-state index < -0.39 is 5.97 Å². The maximum absolute atomic E-state index is 11.6. The highest BCUT2D eigenvalue weighted by Crippen LogP contribution is 2.28. The van der Waals surface area contributed by atoms with Crippen molar-refractivity contribution < 1.29 is 14.3 Å². The van der Waals surface area contributed by atoms with Crippen molar-refractivity contribution in [3.63, 3.8) is 0 Å². The van der Waals surface area contributed by atoms with Gasteiger partial charge in [-0.25, -0.2) is 4.79 Å². The maximum atomic E-state index is 11.6. The van der Waals surface area contributed by atoms with Crippen LogP contribution in [0.15, 0.2) is 18.7 Å². The minimum atomic E-state index is -0.425. The minimum absolute atomic E-state index is 0.308. The summed E-state index contributed by atoms with van der Waals surface area (Å²) < 4.78 is 4.89. The molecule has 0 aromatic carbocycles. The van der Waals surface area contributed by atoms with E-state index in [1.807, 2.05) is 6.92 Å². The standard InChI is InChI=1S/C11H13NO3S/c1-4-9(13)12-10-8(6-7(3)16-10)11(14)15-5-2/h4,6H,1,5H2,2-3H3,(H,12,13). The Morgan fingerprint density at radius 3 is 2.88 bits per heavy atom. The molecule has 0 fully saturated rings. The van der Waals surface area contributed by atoms with E-state index in [1.165, 1.54) is 11.3 Å². The fourth-order valence-corrected chi connectivity index (χ4v) is 2.03. The van der Waals surface area contributed by atoms with Gasteiger partial charge in [-0.15, -0.1) is 11.3 Å². The van der Waals surface area contributed by atoms with Crippen LogP contribution in [0, 0.1) is 6.92 Å².